The molecule has 5 heteroatoms. The van der Waals surface area contributed by atoms with Crippen molar-refractivity contribution < 1.29 is 19.4 Å². The monoisotopic (exact) mass is 277 g/mol. The van der Waals surface area contributed by atoms with E-state index < -0.39 is 23.6 Å². The molecule has 0 aromatic heterocycles. The van der Waals surface area contributed by atoms with Gasteiger partial charge < -0.3 is 15.2 Å². The first-order chi connectivity index (χ1) is 9.29. The fourth-order valence-corrected chi connectivity index (χ4v) is 2.35. The van der Waals surface area contributed by atoms with Crippen LogP contribution in [0.2, 0.25) is 0 Å². The van der Waals surface area contributed by atoms with Crippen molar-refractivity contribution in [3.8, 4) is 0 Å². The van der Waals surface area contributed by atoms with Crippen LogP contribution in [0.15, 0.2) is 18.2 Å². The highest BCUT2D eigenvalue weighted by Crippen LogP contribution is 2.27. The van der Waals surface area contributed by atoms with Gasteiger partial charge in [0.2, 0.25) is 0 Å². The maximum absolute atomic E-state index is 12.2. The zero-order chi connectivity index (χ0) is 14.9. The molecule has 1 aliphatic heterocycles. The van der Waals surface area contributed by atoms with Crippen LogP contribution in [0.5, 0.6) is 0 Å². The van der Waals surface area contributed by atoms with Gasteiger partial charge in [0.1, 0.15) is 11.6 Å². The molecule has 5 nitrogen and oxygen atoms in total. The summed E-state index contributed by atoms with van der Waals surface area (Å²) in [5.41, 5.74) is 1.31. The molecular formula is C15H19NO4. The van der Waals surface area contributed by atoms with Crippen LogP contribution in [-0.2, 0) is 16.0 Å². The van der Waals surface area contributed by atoms with E-state index in [4.69, 9.17) is 4.74 Å². The summed E-state index contributed by atoms with van der Waals surface area (Å²) in [4.78, 5) is 23.5. The van der Waals surface area contributed by atoms with E-state index >= 15 is 0 Å². The molecule has 0 spiro atoms. The van der Waals surface area contributed by atoms with Crippen LogP contribution >= 0.6 is 0 Å². The number of carbonyl (C=O) groups excluding carboxylic acids is 1. The van der Waals surface area contributed by atoms with E-state index in [-0.39, 0.29) is 0 Å². The molecular weight excluding hydrogens is 258 g/mol. The third-order valence-corrected chi connectivity index (χ3v) is 3.11. The van der Waals surface area contributed by atoms with Gasteiger partial charge in [-0.3, -0.25) is 4.79 Å². The maximum atomic E-state index is 12.2. The van der Waals surface area contributed by atoms with Gasteiger partial charge in [-0.2, -0.15) is 0 Å². The average Bonchev–Trinajstić information content (AvgIpc) is 2.35. The van der Waals surface area contributed by atoms with Crippen molar-refractivity contribution in [3.63, 3.8) is 0 Å². The van der Waals surface area contributed by atoms with Gasteiger partial charge in [0.15, 0.2) is 0 Å². The lowest BCUT2D eigenvalue weighted by molar-refractivity contribution is -0.139. The molecule has 0 radical (unpaired) electrons. The van der Waals surface area contributed by atoms with Gasteiger partial charge in [0.05, 0.1) is 5.56 Å². The van der Waals surface area contributed by atoms with Crippen molar-refractivity contribution in [1.82, 2.24) is 5.32 Å². The van der Waals surface area contributed by atoms with Crippen molar-refractivity contribution in [2.75, 3.05) is 6.54 Å². The molecule has 108 valence electrons. The van der Waals surface area contributed by atoms with E-state index in [0.29, 0.717) is 24.1 Å². The number of rotatable bonds is 2. The summed E-state index contributed by atoms with van der Waals surface area (Å²) in [6, 6.07) is 4.37. The summed E-state index contributed by atoms with van der Waals surface area (Å²) in [5, 5.41) is 12.2. The fourth-order valence-electron chi connectivity index (χ4n) is 2.35. The Morgan fingerprint density at radius 3 is 2.65 bits per heavy atom. The molecule has 1 aliphatic rings. The molecule has 1 aromatic rings. The van der Waals surface area contributed by atoms with Crippen LogP contribution in [-0.4, -0.2) is 29.2 Å². The summed E-state index contributed by atoms with van der Waals surface area (Å²) in [6.45, 7) is 5.95. The second-order valence-electron chi connectivity index (χ2n) is 5.85. The molecule has 1 atom stereocenters. The SMILES string of the molecule is CC(C)(C)OC(=O)c1cccc2c1CCNC2C(=O)O. The Labute approximate surface area is 117 Å². The largest absolute Gasteiger partial charge is 0.480 e. The summed E-state index contributed by atoms with van der Waals surface area (Å²) in [5.74, 6) is -1.34. The number of fused-ring (bicyclic) bond motifs is 1. The van der Waals surface area contributed by atoms with Crippen LogP contribution in [0.25, 0.3) is 0 Å². The highest BCUT2D eigenvalue weighted by Gasteiger charge is 2.29. The number of carbonyl (C=O) groups is 2. The molecule has 1 aromatic carbocycles. The number of ether oxygens (including phenoxy) is 1. The Bertz CT molecular complexity index is 545. The van der Waals surface area contributed by atoms with Crippen molar-refractivity contribution in [3.05, 3.63) is 34.9 Å². The van der Waals surface area contributed by atoms with Gasteiger partial charge in [-0.15, -0.1) is 0 Å². The number of carboxylic acids is 1. The molecule has 1 unspecified atom stereocenters. The predicted octanol–water partition coefficient (Wildman–Crippen LogP) is 1.91. The summed E-state index contributed by atoms with van der Waals surface area (Å²) >= 11 is 0. The first kappa shape index (κ1) is 14.5. The quantitative estimate of drug-likeness (QED) is 0.808. The first-order valence-corrected chi connectivity index (χ1v) is 6.61. The van der Waals surface area contributed by atoms with Crippen molar-refractivity contribution >= 4 is 11.9 Å². The van der Waals surface area contributed by atoms with Crippen LogP contribution in [0.4, 0.5) is 0 Å². The van der Waals surface area contributed by atoms with Gasteiger partial charge in [0.25, 0.3) is 0 Å². The van der Waals surface area contributed by atoms with Crippen LogP contribution < -0.4 is 5.32 Å². The highest BCUT2D eigenvalue weighted by atomic mass is 16.6. The number of hydrogen-bond acceptors (Lipinski definition) is 4. The van der Waals surface area contributed by atoms with Crippen LogP contribution in [0.3, 0.4) is 0 Å². The average molecular weight is 277 g/mol. The smallest absolute Gasteiger partial charge is 0.338 e. The summed E-state index contributed by atoms with van der Waals surface area (Å²) in [7, 11) is 0. The molecule has 0 saturated heterocycles. The number of aliphatic carboxylic acids is 1. The Kier molecular flexibility index (Phi) is 3.81. The Hall–Kier alpha value is -1.88. The number of nitrogens with one attached hydrogen (secondary N) is 1. The lowest BCUT2D eigenvalue weighted by atomic mass is 9.90. The molecule has 2 N–H and O–H groups in total. The van der Waals surface area contributed by atoms with Gasteiger partial charge in [-0.05, 0) is 44.4 Å². The first-order valence-electron chi connectivity index (χ1n) is 6.61. The molecule has 1 heterocycles. The van der Waals surface area contributed by atoms with Gasteiger partial charge in [-0.25, -0.2) is 4.79 Å². The zero-order valence-electron chi connectivity index (χ0n) is 11.9. The molecule has 0 amide bonds. The number of carboxylic acid groups (broad SMARTS) is 1. The van der Waals surface area contributed by atoms with Crippen molar-refractivity contribution in [2.45, 2.75) is 38.8 Å². The van der Waals surface area contributed by atoms with E-state index in [1.54, 1.807) is 18.2 Å². The standard InChI is InChI=1S/C15H19NO4/c1-15(2,3)20-14(19)11-6-4-5-10-9(11)7-8-16-12(10)13(17)18/h4-6,12,16H,7-8H2,1-3H3,(H,17,18). The van der Waals surface area contributed by atoms with Crippen LogP contribution in [0, 0.1) is 0 Å². The Morgan fingerprint density at radius 1 is 1.35 bits per heavy atom. The summed E-state index contributed by atoms with van der Waals surface area (Å²) in [6.07, 6.45) is 0.620. The van der Waals surface area contributed by atoms with Crippen molar-refractivity contribution in [2.24, 2.45) is 0 Å². The van der Waals surface area contributed by atoms with E-state index in [0.717, 1.165) is 5.56 Å². The molecule has 0 saturated carbocycles. The molecule has 2 rings (SSSR count). The van der Waals surface area contributed by atoms with Crippen LogP contribution in [0.1, 0.15) is 48.3 Å². The fraction of sp³-hybridized carbons (Fsp3) is 0.467. The van der Waals surface area contributed by atoms with E-state index in [1.807, 2.05) is 20.8 Å². The minimum atomic E-state index is -0.938. The van der Waals surface area contributed by atoms with E-state index in [9.17, 15) is 14.7 Å². The van der Waals surface area contributed by atoms with Gasteiger partial charge in [-0.1, -0.05) is 12.1 Å². The minimum absolute atomic E-state index is 0.402. The van der Waals surface area contributed by atoms with E-state index in [2.05, 4.69) is 5.32 Å². The number of esters is 1. The second kappa shape index (κ2) is 5.25. The number of benzene rings is 1. The predicted molar refractivity (Wildman–Crippen MR) is 73.7 cm³/mol. The molecule has 20 heavy (non-hydrogen) atoms. The normalized spacial score (nSPS) is 18.2. The second-order valence-corrected chi connectivity index (χ2v) is 5.85. The molecule has 0 aliphatic carbocycles. The van der Waals surface area contributed by atoms with E-state index in [1.165, 1.54) is 0 Å². The molecule has 0 fully saturated rings. The third-order valence-electron chi connectivity index (χ3n) is 3.11. The summed E-state index contributed by atoms with van der Waals surface area (Å²) < 4.78 is 5.38. The Balaban J connectivity index is 2.40. The lowest BCUT2D eigenvalue weighted by Crippen LogP contribution is -2.36. The third kappa shape index (κ3) is 2.99. The Morgan fingerprint density at radius 2 is 2.05 bits per heavy atom. The van der Waals surface area contributed by atoms with Gasteiger partial charge in [0, 0.05) is 6.54 Å². The zero-order valence-corrected chi connectivity index (χ0v) is 11.9. The number of hydrogen-bond donors (Lipinski definition) is 2. The van der Waals surface area contributed by atoms with Crippen molar-refractivity contribution in [1.29, 1.82) is 0 Å². The lowest BCUT2D eigenvalue weighted by Gasteiger charge is -2.26. The highest BCUT2D eigenvalue weighted by molar-refractivity contribution is 5.92. The molecule has 0 bridgehead atoms. The topological polar surface area (TPSA) is 75.6 Å². The minimum Gasteiger partial charge on any atom is -0.480 e. The maximum Gasteiger partial charge on any atom is 0.338 e. The van der Waals surface area contributed by atoms with Gasteiger partial charge >= 0.3 is 11.9 Å².